The molecule has 14 heavy (non-hydrogen) atoms. The summed E-state index contributed by atoms with van der Waals surface area (Å²) in [4.78, 5) is 3.99. The summed E-state index contributed by atoms with van der Waals surface area (Å²) in [5.41, 5.74) is 6.87. The first-order valence-corrected chi connectivity index (χ1v) is 4.49. The van der Waals surface area contributed by atoms with E-state index >= 15 is 0 Å². The molecule has 0 radical (unpaired) electrons. The molecule has 0 bridgehead atoms. The summed E-state index contributed by atoms with van der Waals surface area (Å²) < 4.78 is 0. The van der Waals surface area contributed by atoms with Crippen LogP contribution in [0.2, 0.25) is 0 Å². The molecule has 5 heteroatoms. The second kappa shape index (κ2) is 3.73. The molecule has 4 N–H and O–H groups in total. The van der Waals surface area contributed by atoms with Crippen molar-refractivity contribution in [3.63, 3.8) is 0 Å². The number of pyridine rings is 1. The predicted molar refractivity (Wildman–Crippen MR) is 52.5 cm³/mol. The third kappa shape index (κ3) is 1.47. The highest BCUT2D eigenvalue weighted by molar-refractivity contribution is 5.80. The summed E-state index contributed by atoms with van der Waals surface area (Å²) in [5.74, 6) is 0. The van der Waals surface area contributed by atoms with Gasteiger partial charge in [-0.25, -0.2) is 0 Å². The fourth-order valence-corrected chi connectivity index (χ4v) is 1.43. The molecule has 2 heterocycles. The fraction of sp³-hybridized carbons (Fsp3) is 0.333. The standard InChI is InChI=1S/C9H12N4O/c10-3-1-8(14)9-6-5-11-4-2-7(6)12-13-9/h2,4-5,8,14H,1,3,10H2,(H,12,13). The van der Waals surface area contributed by atoms with Crippen molar-refractivity contribution in [3.8, 4) is 0 Å². The van der Waals surface area contributed by atoms with Crippen molar-refractivity contribution in [3.05, 3.63) is 24.2 Å². The smallest absolute Gasteiger partial charge is 0.0973 e. The molecule has 0 aliphatic carbocycles. The lowest BCUT2D eigenvalue weighted by Crippen LogP contribution is -2.07. The van der Waals surface area contributed by atoms with Crippen LogP contribution < -0.4 is 5.73 Å². The van der Waals surface area contributed by atoms with E-state index < -0.39 is 6.10 Å². The molecule has 2 rings (SSSR count). The molecule has 1 atom stereocenters. The molecule has 0 amide bonds. The fourth-order valence-electron chi connectivity index (χ4n) is 1.43. The Morgan fingerprint density at radius 3 is 3.21 bits per heavy atom. The first kappa shape index (κ1) is 9.11. The van der Waals surface area contributed by atoms with Gasteiger partial charge in [0.05, 0.1) is 17.3 Å². The van der Waals surface area contributed by atoms with Crippen LogP contribution in [0.1, 0.15) is 18.2 Å². The van der Waals surface area contributed by atoms with E-state index in [1.807, 2.05) is 0 Å². The number of aromatic nitrogens is 3. The van der Waals surface area contributed by atoms with Crippen LogP contribution in [0.5, 0.6) is 0 Å². The lowest BCUT2D eigenvalue weighted by molar-refractivity contribution is 0.167. The van der Waals surface area contributed by atoms with Gasteiger partial charge in [0.2, 0.25) is 0 Å². The SMILES string of the molecule is NCCC(O)c1[nH]nc2ccncc12. The van der Waals surface area contributed by atoms with Crippen LogP contribution in [0.15, 0.2) is 18.5 Å². The Labute approximate surface area is 81.0 Å². The zero-order chi connectivity index (χ0) is 9.97. The largest absolute Gasteiger partial charge is 0.387 e. The van der Waals surface area contributed by atoms with E-state index in [9.17, 15) is 5.11 Å². The van der Waals surface area contributed by atoms with E-state index in [0.717, 1.165) is 10.9 Å². The highest BCUT2D eigenvalue weighted by Crippen LogP contribution is 2.21. The number of hydrogen-bond donors (Lipinski definition) is 3. The molecule has 1 unspecified atom stereocenters. The second-order valence-corrected chi connectivity index (χ2v) is 3.12. The Kier molecular flexibility index (Phi) is 2.43. The number of hydrogen-bond acceptors (Lipinski definition) is 4. The summed E-state index contributed by atoms with van der Waals surface area (Å²) in [7, 11) is 0. The Morgan fingerprint density at radius 1 is 1.57 bits per heavy atom. The number of nitrogens with zero attached hydrogens (tertiary/aromatic N) is 2. The number of aromatic amines is 1. The maximum Gasteiger partial charge on any atom is 0.0973 e. The molecular weight excluding hydrogens is 180 g/mol. The number of H-pyrrole nitrogens is 1. The van der Waals surface area contributed by atoms with Crippen LogP contribution in [0.25, 0.3) is 10.9 Å². The molecule has 0 spiro atoms. The monoisotopic (exact) mass is 192 g/mol. The van der Waals surface area contributed by atoms with Crippen LogP contribution in [-0.2, 0) is 0 Å². The van der Waals surface area contributed by atoms with Crippen molar-refractivity contribution in [2.75, 3.05) is 6.54 Å². The van der Waals surface area contributed by atoms with Crippen molar-refractivity contribution in [1.29, 1.82) is 0 Å². The van der Waals surface area contributed by atoms with Gasteiger partial charge in [-0.05, 0) is 19.0 Å². The molecule has 0 aliphatic rings. The molecule has 0 saturated carbocycles. The number of nitrogens with one attached hydrogen (secondary N) is 1. The van der Waals surface area contributed by atoms with Crippen molar-refractivity contribution in [2.45, 2.75) is 12.5 Å². The van der Waals surface area contributed by atoms with Crippen molar-refractivity contribution in [1.82, 2.24) is 15.2 Å². The minimum atomic E-state index is -0.589. The van der Waals surface area contributed by atoms with E-state index in [4.69, 9.17) is 5.73 Å². The van der Waals surface area contributed by atoms with Gasteiger partial charge in [0.1, 0.15) is 0 Å². The van der Waals surface area contributed by atoms with E-state index in [1.165, 1.54) is 0 Å². The van der Waals surface area contributed by atoms with Crippen LogP contribution in [0.3, 0.4) is 0 Å². The maximum atomic E-state index is 9.73. The quantitative estimate of drug-likeness (QED) is 0.654. The van der Waals surface area contributed by atoms with Gasteiger partial charge in [0.25, 0.3) is 0 Å². The van der Waals surface area contributed by atoms with Crippen LogP contribution >= 0.6 is 0 Å². The zero-order valence-corrected chi connectivity index (χ0v) is 7.64. The van der Waals surface area contributed by atoms with Gasteiger partial charge >= 0.3 is 0 Å². The van der Waals surface area contributed by atoms with E-state index in [-0.39, 0.29) is 0 Å². The first-order valence-electron chi connectivity index (χ1n) is 4.49. The van der Waals surface area contributed by atoms with Gasteiger partial charge < -0.3 is 10.8 Å². The van der Waals surface area contributed by atoms with Gasteiger partial charge in [0.15, 0.2) is 0 Å². The number of nitrogens with two attached hydrogens (primary N) is 1. The van der Waals surface area contributed by atoms with E-state index in [1.54, 1.807) is 18.5 Å². The van der Waals surface area contributed by atoms with Crippen LogP contribution in [0, 0.1) is 0 Å². The molecule has 2 aromatic rings. The molecule has 2 aromatic heterocycles. The summed E-state index contributed by atoms with van der Waals surface area (Å²) in [5, 5.41) is 17.4. The van der Waals surface area contributed by atoms with Gasteiger partial charge in [0, 0.05) is 17.8 Å². The third-order valence-corrected chi connectivity index (χ3v) is 2.16. The normalized spacial score (nSPS) is 13.3. The lowest BCUT2D eigenvalue weighted by atomic mass is 10.1. The minimum absolute atomic E-state index is 0.446. The van der Waals surface area contributed by atoms with E-state index in [0.29, 0.717) is 18.7 Å². The first-order chi connectivity index (χ1) is 6.83. The average molecular weight is 192 g/mol. The Hall–Kier alpha value is -1.46. The summed E-state index contributed by atoms with van der Waals surface area (Å²) >= 11 is 0. The van der Waals surface area contributed by atoms with Crippen molar-refractivity contribution < 1.29 is 5.11 Å². The second-order valence-electron chi connectivity index (χ2n) is 3.12. The van der Waals surface area contributed by atoms with Gasteiger partial charge in [-0.15, -0.1) is 0 Å². The zero-order valence-electron chi connectivity index (χ0n) is 7.64. The molecule has 5 nitrogen and oxygen atoms in total. The van der Waals surface area contributed by atoms with Crippen LogP contribution in [-0.4, -0.2) is 26.8 Å². The molecule has 0 fully saturated rings. The van der Waals surface area contributed by atoms with E-state index in [2.05, 4.69) is 15.2 Å². The molecule has 0 aromatic carbocycles. The Morgan fingerprint density at radius 2 is 2.43 bits per heavy atom. The highest BCUT2D eigenvalue weighted by atomic mass is 16.3. The topological polar surface area (TPSA) is 87.8 Å². The number of aliphatic hydroxyl groups is 1. The summed E-state index contributed by atoms with van der Waals surface area (Å²) in [6, 6.07) is 1.80. The van der Waals surface area contributed by atoms with Crippen molar-refractivity contribution >= 4 is 10.9 Å². The molecule has 0 saturated heterocycles. The molecule has 0 aliphatic heterocycles. The lowest BCUT2D eigenvalue weighted by Gasteiger charge is -2.06. The third-order valence-electron chi connectivity index (χ3n) is 2.16. The number of rotatable bonds is 3. The average Bonchev–Trinajstić information content (AvgIpc) is 2.61. The van der Waals surface area contributed by atoms with Crippen LogP contribution in [0.4, 0.5) is 0 Å². The predicted octanol–water partition coefficient (Wildman–Crippen LogP) is 0.340. The highest BCUT2D eigenvalue weighted by Gasteiger charge is 2.12. The number of aliphatic hydroxyl groups excluding tert-OH is 1. The molecule has 74 valence electrons. The molecular formula is C9H12N4O. The number of fused-ring (bicyclic) bond motifs is 1. The maximum absolute atomic E-state index is 9.73. The van der Waals surface area contributed by atoms with Gasteiger partial charge in [-0.1, -0.05) is 0 Å². The Balaban J connectivity index is 2.42. The Bertz CT molecular complexity index is 425. The van der Waals surface area contributed by atoms with Gasteiger partial charge in [-0.2, -0.15) is 5.10 Å². The summed E-state index contributed by atoms with van der Waals surface area (Å²) in [6.07, 6.45) is 3.29. The van der Waals surface area contributed by atoms with Gasteiger partial charge in [-0.3, -0.25) is 10.1 Å². The summed E-state index contributed by atoms with van der Waals surface area (Å²) in [6.45, 7) is 0.446. The van der Waals surface area contributed by atoms with Crippen molar-refractivity contribution in [2.24, 2.45) is 5.73 Å². The minimum Gasteiger partial charge on any atom is -0.387 e.